The van der Waals surface area contributed by atoms with Gasteiger partial charge in [-0.1, -0.05) is 11.3 Å². The highest BCUT2D eigenvalue weighted by Crippen LogP contribution is 2.27. The number of carboxylic acid groups (broad SMARTS) is 1. The summed E-state index contributed by atoms with van der Waals surface area (Å²) in [6.07, 6.45) is -1.01. The lowest BCUT2D eigenvalue weighted by atomic mass is 10.2. The smallest absolute Gasteiger partial charge is 0.358 e. The molecule has 0 aromatic carbocycles. The highest BCUT2D eigenvalue weighted by Gasteiger charge is 2.22. The molecule has 1 atom stereocenters. The van der Waals surface area contributed by atoms with Crippen molar-refractivity contribution < 1.29 is 20.1 Å². The molecule has 18 heavy (non-hydrogen) atoms. The van der Waals surface area contributed by atoms with E-state index in [4.69, 9.17) is 10.2 Å². The fourth-order valence-corrected chi connectivity index (χ4v) is 2.27. The molecule has 0 spiro atoms. The van der Waals surface area contributed by atoms with Crippen molar-refractivity contribution in [2.75, 3.05) is 6.61 Å². The van der Waals surface area contributed by atoms with E-state index < -0.39 is 18.7 Å². The van der Waals surface area contributed by atoms with Crippen LogP contribution in [0.15, 0.2) is 17.5 Å². The molecule has 2 aromatic heterocycles. The summed E-state index contributed by atoms with van der Waals surface area (Å²) in [6, 6.07) is 3.53. The Morgan fingerprint density at radius 3 is 2.89 bits per heavy atom. The highest BCUT2D eigenvalue weighted by atomic mass is 32.1. The van der Waals surface area contributed by atoms with Gasteiger partial charge in [-0.05, 0) is 11.4 Å². The number of carboxylic acids is 1. The van der Waals surface area contributed by atoms with E-state index in [-0.39, 0.29) is 12.2 Å². The van der Waals surface area contributed by atoms with Crippen molar-refractivity contribution in [3.05, 3.63) is 23.2 Å². The number of aromatic nitrogens is 3. The molecule has 2 heterocycles. The van der Waals surface area contributed by atoms with Crippen molar-refractivity contribution in [3.8, 4) is 10.6 Å². The Hall–Kier alpha value is -1.77. The first-order valence-electron chi connectivity index (χ1n) is 5.13. The van der Waals surface area contributed by atoms with Gasteiger partial charge in [0, 0.05) is 0 Å². The number of carbonyl (C=O) groups is 1. The molecule has 0 bridgehead atoms. The molecule has 8 heteroatoms. The lowest BCUT2D eigenvalue weighted by molar-refractivity contribution is 0.0690. The molecular formula is C10H11N3O4S. The third-order valence-electron chi connectivity index (χ3n) is 2.29. The fraction of sp³-hybridized carbons (Fsp3) is 0.300. The first-order valence-corrected chi connectivity index (χ1v) is 6.01. The molecule has 0 aliphatic carbocycles. The van der Waals surface area contributed by atoms with Crippen molar-refractivity contribution in [1.82, 2.24) is 15.0 Å². The average molecular weight is 269 g/mol. The fourth-order valence-electron chi connectivity index (χ4n) is 1.50. The van der Waals surface area contributed by atoms with Crippen LogP contribution in [0.5, 0.6) is 0 Å². The standard InChI is InChI=1S/C10H11N3O4S/c14-5-6(15)4-13-9(7-2-1-3-18-7)8(10(16)17)11-12-13/h1-3,6,14-15H,4-5H2,(H,16,17). The van der Waals surface area contributed by atoms with Crippen molar-refractivity contribution >= 4 is 17.3 Å². The quantitative estimate of drug-likeness (QED) is 0.708. The van der Waals surface area contributed by atoms with Crippen LogP contribution in [0.1, 0.15) is 10.5 Å². The van der Waals surface area contributed by atoms with Gasteiger partial charge < -0.3 is 15.3 Å². The van der Waals surface area contributed by atoms with Gasteiger partial charge in [0.15, 0.2) is 5.69 Å². The van der Waals surface area contributed by atoms with Gasteiger partial charge >= 0.3 is 5.97 Å². The van der Waals surface area contributed by atoms with Gasteiger partial charge in [0.05, 0.1) is 24.1 Å². The van der Waals surface area contributed by atoms with Gasteiger partial charge in [-0.25, -0.2) is 9.48 Å². The van der Waals surface area contributed by atoms with Crippen LogP contribution in [0.25, 0.3) is 10.6 Å². The number of aliphatic hydroxyl groups is 2. The van der Waals surface area contributed by atoms with Crippen LogP contribution in [-0.2, 0) is 6.54 Å². The topological polar surface area (TPSA) is 108 Å². The molecule has 0 saturated heterocycles. The highest BCUT2D eigenvalue weighted by molar-refractivity contribution is 7.13. The Morgan fingerprint density at radius 2 is 2.33 bits per heavy atom. The second-order valence-electron chi connectivity index (χ2n) is 3.59. The first kappa shape index (κ1) is 12.7. The van der Waals surface area contributed by atoms with E-state index >= 15 is 0 Å². The second kappa shape index (κ2) is 5.25. The number of thiophene rings is 1. The Labute approximate surface area is 106 Å². The van der Waals surface area contributed by atoms with Crippen molar-refractivity contribution in [1.29, 1.82) is 0 Å². The third-order valence-corrected chi connectivity index (χ3v) is 3.16. The zero-order valence-electron chi connectivity index (χ0n) is 9.22. The van der Waals surface area contributed by atoms with E-state index in [0.29, 0.717) is 10.6 Å². The van der Waals surface area contributed by atoms with Gasteiger partial charge in [0.25, 0.3) is 0 Å². The monoisotopic (exact) mass is 269 g/mol. The zero-order valence-corrected chi connectivity index (χ0v) is 10.0. The Balaban J connectivity index is 2.45. The summed E-state index contributed by atoms with van der Waals surface area (Å²) < 4.78 is 1.29. The van der Waals surface area contributed by atoms with Crippen LogP contribution in [0.2, 0.25) is 0 Å². The molecule has 96 valence electrons. The van der Waals surface area contributed by atoms with E-state index in [9.17, 15) is 9.90 Å². The average Bonchev–Trinajstić information content (AvgIpc) is 2.96. The van der Waals surface area contributed by atoms with Crippen molar-refractivity contribution in [3.63, 3.8) is 0 Å². The van der Waals surface area contributed by atoms with Crippen LogP contribution >= 0.6 is 11.3 Å². The minimum absolute atomic E-state index is 0.00991. The summed E-state index contributed by atoms with van der Waals surface area (Å²) in [5.74, 6) is -1.18. The molecular weight excluding hydrogens is 258 g/mol. The maximum Gasteiger partial charge on any atom is 0.358 e. The molecule has 2 aromatic rings. The number of hydrogen-bond acceptors (Lipinski definition) is 6. The van der Waals surface area contributed by atoms with Crippen molar-refractivity contribution in [2.45, 2.75) is 12.6 Å². The number of nitrogens with zero attached hydrogens (tertiary/aromatic N) is 3. The van der Waals surface area contributed by atoms with E-state index in [2.05, 4.69) is 10.3 Å². The normalized spacial score (nSPS) is 12.6. The maximum absolute atomic E-state index is 11.1. The molecule has 0 saturated carbocycles. The van der Waals surface area contributed by atoms with E-state index in [1.807, 2.05) is 0 Å². The Kier molecular flexibility index (Phi) is 3.70. The lowest BCUT2D eigenvalue weighted by Crippen LogP contribution is -2.21. The zero-order chi connectivity index (χ0) is 13.1. The van der Waals surface area contributed by atoms with Crippen LogP contribution in [-0.4, -0.2) is 49.0 Å². The van der Waals surface area contributed by atoms with Gasteiger partial charge in [-0.3, -0.25) is 0 Å². The van der Waals surface area contributed by atoms with Gasteiger partial charge in [0.1, 0.15) is 5.69 Å². The molecule has 0 amide bonds. The second-order valence-corrected chi connectivity index (χ2v) is 4.54. The summed E-state index contributed by atoms with van der Waals surface area (Å²) in [6.45, 7) is -0.434. The summed E-state index contributed by atoms with van der Waals surface area (Å²) in [5, 5.41) is 36.3. The van der Waals surface area contributed by atoms with E-state index in [0.717, 1.165) is 0 Å². The summed E-state index contributed by atoms with van der Waals surface area (Å²) in [4.78, 5) is 11.8. The van der Waals surface area contributed by atoms with Crippen LogP contribution in [0.3, 0.4) is 0 Å². The predicted molar refractivity (Wildman–Crippen MR) is 63.4 cm³/mol. The molecule has 0 fully saturated rings. The minimum Gasteiger partial charge on any atom is -0.476 e. The Morgan fingerprint density at radius 1 is 1.56 bits per heavy atom. The largest absolute Gasteiger partial charge is 0.476 e. The van der Waals surface area contributed by atoms with E-state index in [1.165, 1.54) is 16.0 Å². The predicted octanol–water partition coefficient (Wildman–Crippen LogP) is 0.0580. The molecule has 0 radical (unpaired) electrons. The summed E-state index contributed by atoms with van der Waals surface area (Å²) >= 11 is 1.35. The van der Waals surface area contributed by atoms with Crippen LogP contribution < -0.4 is 0 Å². The molecule has 7 nitrogen and oxygen atoms in total. The lowest BCUT2D eigenvalue weighted by Gasteiger charge is -2.09. The third kappa shape index (κ3) is 2.40. The molecule has 0 aliphatic rings. The number of aromatic carboxylic acids is 1. The summed E-state index contributed by atoms with van der Waals surface area (Å²) in [7, 11) is 0. The van der Waals surface area contributed by atoms with Crippen molar-refractivity contribution in [2.24, 2.45) is 0 Å². The van der Waals surface area contributed by atoms with Gasteiger partial charge in [0.2, 0.25) is 0 Å². The van der Waals surface area contributed by atoms with Gasteiger partial charge in [-0.15, -0.1) is 16.4 Å². The first-order chi connectivity index (χ1) is 8.63. The van der Waals surface area contributed by atoms with Gasteiger partial charge in [-0.2, -0.15) is 0 Å². The number of hydrogen-bond donors (Lipinski definition) is 3. The number of rotatable bonds is 5. The van der Waals surface area contributed by atoms with Crippen LogP contribution in [0, 0.1) is 0 Å². The maximum atomic E-state index is 11.1. The SMILES string of the molecule is O=C(O)c1nnn(CC(O)CO)c1-c1cccs1. The Bertz CT molecular complexity index is 537. The minimum atomic E-state index is -1.18. The molecule has 3 N–H and O–H groups in total. The molecule has 2 rings (SSSR count). The van der Waals surface area contributed by atoms with Crippen LogP contribution in [0.4, 0.5) is 0 Å². The molecule has 0 aliphatic heterocycles. The summed E-state index contributed by atoms with van der Waals surface area (Å²) in [5.41, 5.74) is 0.174. The van der Waals surface area contributed by atoms with E-state index in [1.54, 1.807) is 17.5 Å². The number of aliphatic hydroxyl groups excluding tert-OH is 2. The molecule has 1 unspecified atom stereocenters.